The molecule has 12 heavy (non-hydrogen) atoms. The van der Waals surface area contributed by atoms with Crippen LogP contribution >= 0.6 is 0 Å². The summed E-state index contributed by atoms with van der Waals surface area (Å²) >= 11 is 0. The molecule has 0 bridgehead atoms. The molecule has 0 saturated carbocycles. The predicted octanol–water partition coefficient (Wildman–Crippen LogP) is 0.259. The van der Waals surface area contributed by atoms with Crippen LogP contribution < -0.4 is 5.73 Å². The number of nitrogens with zero attached hydrogens (tertiary/aromatic N) is 1. The van der Waals surface area contributed by atoms with Crippen LogP contribution in [-0.2, 0) is 9.53 Å². The average Bonchev–Trinajstić information content (AvgIpc) is 2.12. The number of carbonyl (C=O) groups is 1. The number of carbonyl (C=O) groups excluding carboxylic acids is 1. The predicted molar refractivity (Wildman–Crippen MR) is 47.8 cm³/mol. The van der Waals surface area contributed by atoms with Crippen LogP contribution in [0.1, 0.15) is 0 Å². The van der Waals surface area contributed by atoms with Crippen molar-refractivity contribution in [1.29, 1.82) is 0 Å². The highest BCUT2D eigenvalue weighted by Gasteiger charge is 2.12. The summed E-state index contributed by atoms with van der Waals surface area (Å²) in [6, 6.07) is 0. The van der Waals surface area contributed by atoms with E-state index in [0.29, 0.717) is 5.57 Å². The van der Waals surface area contributed by atoms with Crippen molar-refractivity contribution in [2.45, 2.75) is 0 Å². The van der Waals surface area contributed by atoms with E-state index in [9.17, 15) is 4.79 Å². The molecule has 0 fully saturated rings. The van der Waals surface area contributed by atoms with Gasteiger partial charge in [-0.25, -0.2) is 4.79 Å². The fourth-order valence-electron chi connectivity index (χ4n) is 0.679. The number of hydrogen-bond acceptors (Lipinski definition) is 4. The van der Waals surface area contributed by atoms with Gasteiger partial charge in [0.05, 0.1) is 7.11 Å². The lowest BCUT2D eigenvalue weighted by Gasteiger charge is -2.02. The van der Waals surface area contributed by atoms with Crippen LogP contribution in [0.5, 0.6) is 0 Å². The van der Waals surface area contributed by atoms with E-state index >= 15 is 0 Å². The zero-order valence-corrected chi connectivity index (χ0v) is 7.20. The molecule has 0 atom stereocenters. The second-order valence-corrected chi connectivity index (χ2v) is 1.89. The van der Waals surface area contributed by atoms with Gasteiger partial charge < -0.3 is 10.5 Å². The van der Waals surface area contributed by atoms with Crippen LogP contribution in [0.2, 0.25) is 0 Å². The van der Waals surface area contributed by atoms with Gasteiger partial charge in [0.25, 0.3) is 0 Å². The Morgan fingerprint density at radius 1 is 1.67 bits per heavy atom. The number of nitrogens with two attached hydrogens (primary N) is 1. The van der Waals surface area contributed by atoms with Gasteiger partial charge in [-0.2, -0.15) is 0 Å². The monoisotopic (exact) mass is 168 g/mol. The fraction of sp³-hybridized carbons (Fsp3) is 0.250. The highest BCUT2D eigenvalue weighted by molar-refractivity contribution is 6.43. The molecule has 0 heterocycles. The Bertz CT molecular complexity index is 241. The van der Waals surface area contributed by atoms with E-state index in [4.69, 9.17) is 5.73 Å². The van der Waals surface area contributed by atoms with Gasteiger partial charge in [0, 0.05) is 18.8 Å². The van der Waals surface area contributed by atoms with E-state index in [1.54, 1.807) is 0 Å². The number of methoxy groups -OCH3 is 1. The summed E-state index contributed by atoms with van der Waals surface area (Å²) in [6.07, 6.45) is 2.70. The molecule has 2 N–H and O–H groups in total. The Kier molecular flexibility index (Phi) is 4.45. The Balaban J connectivity index is 4.80. The lowest BCUT2D eigenvalue weighted by molar-refractivity contribution is -0.132. The van der Waals surface area contributed by atoms with Gasteiger partial charge in [-0.15, -0.1) is 0 Å². The minimum absolute atomic E-state index is 0.176. The van der Waals surface area contributed by atoms with Crippen molar-refractivity contribution in [3.8, 4) is 0 Å². The highest BCUT2D eigenvalue weighted by atomic mass is 16.5. The molecular weight excluding hydrogens is 156 g/mol. The molecule has 0 unspecified atom stereocenters. The van der Waals surface area contributed by atoms with E-state index in [1.807, 2.05) is 0 Å². The maximum atomic E-state index is 11.0. The molecule has 4 nitrogen and oxygen atoms in total. The third-order valence-electron chi connectivity index (χ3n) is 1.28. The maximum Gasteiger partial charge on any atom is 0.356 e. The number of ether oxygens (including phenoxy) is 1. The van der Waals surface area contributed by atoms with Gasteiger partial charge in [-0.1, -0.05) is 12.7 Å². The van der Waals surface area contributed by atoms with Crippen LogP contribution in [-0.4, -0.2) is 25.8 Å². The Morgan fingerprint density at radius 3 is 2.50 bits per heavy atom. The maximum absolute atomic E-state index is 11.0. The zero-order chi connectivity index (χ0) is 9.56. The molecule has 4 heteroatoms. The Labute approximate surface area is 71.4 Å². The van der Waals surface area contributed by atoms with Gasteiger partial charge in [0.15, 0.2) is 5.71 Å². The molecule has 66 valence electrons. The van der Waals surface area contributed by atoms with Gasteiger partial charge in [-0.05, 0) is 0 Å². The first-order valence-electron chi connectivity index (χ1n) is 3.31. The van der Waals surface area contributed by atoms with Gasteiger partial charge in [0.2, 0.25) is 0 Å². The highest BCUT2D eigenvalue weighted by Crippen LogP contribution is 1.99. The summed E-state index contributed by atoms with van der Waals surface area (Å²) in [4.78, 5) is 14.7. The summed E-state index contributed by atoms with van der Waals surface area (Å²) in [5, 5.41) is 0. The molecule has 0 aromatic rings. The van der Waals surface area contributed by atoms with Crippen molar-refractivity contribution in [2.75, 3.05) is 14.2 Å². The minimum atomic E-state index is -0.519. The second kappa shape index (κ2) is 5.12. The molecule has 0 aliphatic heterocycles. The topological polar surface area (TPSA) is 64.7 Å². The first kappa shape index (κ1) is 10.4. The van der Waals surface area contributed by atoms with E-state index in [-0.39, 0.29) is 5.71 Å². The largest absolute Gasteiger partial charge is 0.464 e. The van der Waals surface area contributed by atoms with E-state index in [1.165, 1.54) is 26.4 Å². The molecule has 0 aromatic carbocycles. The average molecular weight is 168 g/mol. The van der Waals surface area contributed by atoms with Crippen LogP contribution in [0.15, 0.2) is 29.4 Å². The first-order chi connectivity index (χ1) is 5.71. The summed E-state index contributed by atoms with van der Waals surface area (Å²) < 4.78 is 4.47. The number of hydrogen-bond donors (Lipinski definition) is 1. The molecular formula is C8H12N2O2. The van der Waals surface area contributed by atoms with Crippen LogP contribution in [0.3, 0.4) is 0 Å². The summed E-state index contributed by atoms with van der Waals surface area (Å²) in [7, 11) is 2.77. The molecule has 0 aromatic heterocycles. The van der Waals surface area contributed by atoms with Crippen molar-refractivity contribution in [2.24, 2.45) is 10.7 Å². The molecule has 0 rings (SSSR count). The lowest BCUT2D eigenvalue weighted by Crippen LogP contribution is -2.18. The van der Waals surface area contributed by atoms with Crippen molar-refractivity contribution in [1.82, 2.24) is 0 Å². The van der Waals surface area contributed by atoms with Gasteiger partial charge in [-0.3, -0.25) is 4.99 Å². The Hall–Kier alpha value is -1.58. The third-order valence-corrected chi connectivity index (χ3v) is 1.28. The van der Waals surface area contributed by atoms with Crippen molar-refractivity contribution < 1.29 is 9.53 Å². The lowest BCUT2D eigenvalue weighted by atomic mass is 10.1. The summed E-state index contributed by atoms with van der Waals surface area (Å²) in [5.74, 6) is -0.519. The smallest absolute Gasteiger partial charge is 0.356 e. The van der Waals surface area contributed by atoms with Gasteiger partial charge >= 0.3 is 5.97 Å². The SMILES string of the molecule is C=CC(=CN)C(=NC)C(=O)OC. The van der Waals surface area contributed by atoms with E-state index < -0.39 is 5.97 Å². The van der Waals surface area contributed by atoms with Crippen LogP contribution in [0, 0.1) is 0 Å². The van der Waals surface area contributed by atoms with Crippen molar-refractivity contribution in [3.05, 3.63) is 24.4 Å². The van der Waals surface area contributed by atoms with E-state index in [2.05, 4.69) is 16.3 Å². The zero-order valence-electron chi connectivity index (χ0n) is 7.20. The van der Waals surface area contributed by atoms with E-state index in [0.717, 1.165) is 0 Å². The number of aliphatic imine (C=N–C) groups is 1. The standard InChI is InChI=1S/C8H12N2O2/c1-4-6(5-9)7(10-2)8(11)12-3/h4-5H,1,9H2,2-3H3. The van der Waals surface area contributed by atoms with Gasteiger partial charge in [0.1, 0.15) is 0 Å². The molecule has 0 saturated heterocycles. The number of rotatable bonds is 3. The fourth-order valence-corrected chi connectivity index (χ4v) is 0.679. The first-order valence-corrected chi connectivity index (χ1v) is 3.31. The summed E-state index contributed by atoms with van der Waals surface area (Å²) in [5.41, 5.74) is 5.87. The number of esters is 1. The van der Waals surface area contributed by atoms with Crippen molar-refractivity contribution >= 4 is 11.7 Å². The normalized spacial score (nSPS) is 12.5. The number of allylic oxidation sites excluding steroid dienone is 1. The van der Waals surface area contributed by atoms with Crippen LogP contribution in [0.4, 0.5) is 0 Å². The molecule has 0 spiro atoms. The quantitative estimate of drug-likeness (QED) is 0.373. The third kappa shape index (κ3) is 2.23. The molecule has 0 aliphatic carbocycles. The summed E-state index contributed by atoms with van der Waals surface area (Å²) in [6.45, 7) is 3.48. The molecule has 0 amide bonds. The van der Waals surface area contributed by atoms with Crippen molar-refractivity contribution in [3.63, 3.8) is 0 Å². The van der Waals surface area contributed by atoms with Crippen LogP contribution in [0.25, 0.3) is 0 Å². The Morgan fingerprint density at radius 2 is 2.25 bits per heavy atom. The minimum Gasteiger partial charge on any atom is -0.464 e. The molecule has 0 aliphatic rings. The second-order valence-electron chi connectivity index (χ2n) is 1.89. The molecule has 0 radical (unpaired) electrons.